The van der Waals surface area contributed by atoms with Crippen LogP contribution in [0.5, 0.6) is 5.75 Å². The zero-order valence-corrected chi connectivity index (χ0v) is 9.52. The summed E-state index contributed by atoms with van der Waals surface area (Å²) in [4.78, 5) is 17.0. The van der Waals surface area contributed by atoms with Gasteiger partial charge in [-0.25, -0.2) is 4.79 Å². The van der Waals surface area contributed by atoms with Gasteiger partial charge in [0.15, 0.2) is 5.75 Å². The Bertz CT molecular complexity index is 330. The lowest BCUT2D eigenvalue weighted by Gasteiger charge is -2.30. The van der Waals surface area contributed by atoms with Gasteiger partial charge in [0.05, 0.1) is 6.20 Å². The predicted molar refractivity (Wildman–Crippen MR) is 57.8 cm³/mol. The van der Waals surface area contributed by atoms with E-state index in [1.54, 1.807) is 30.3 Å². The maximum atomic E-state index is 11.6. The zero-order valence-electron chi connectivity index (χ0n) is 9.52. The van der Waals surface area contributed by atoms with Gasteiger partial charge in [0.25, 0.3) is 0 Å². The van der Waals surface area contributed by atoms with Crippen molar-refractivity contribution in [1.82, 2.24) is 9.88 Å². The summed E-state index contributed by atoms with van der Waals surface area (Å²) in [6, 6.07) is 3.42. The quantitative estimate of drug-likeness (QED) is 0.711. The average Bonchev–Trinajstić information content (AvgIpc) is 2.16. The van der Waals surface area contributed by atoms with E-state index in [-0.39, 0.29) is 11.6 Å². The molecule has 0 aromatic carbocycles. The van der Waals surface area contributed by atoms with Gasteiger partial charge in [-0.05, 0) is 32.9 Å². The molecular weight excluding hydrogens is 192 g/mol. The van der Waals surface area contributed by atoms with Gasteiger partial charge in [0.1, 0.15) is 0 Å². The van der Waals surface area contributed by atoms with Crippen LogP contribution in [-0.4, -0.2) is 28.6 Å². The molecule has 1 heterocycles. The van der Waals surface area contributed by atoms with Crippen molar-refractivity contribution in [2.24, 2.45) is 0 Å². The Kier molecular flexibility index (Phi) is 3.29. The summed E-state index contributed by atoms with van der Waals surface area (Å²) >= 11 is 0. The number of rotatable bonds is 1. The fourth-order valence-electron chi connectivity index (χ4n) is 0.851. The number of hydrogen-bond donors (Lipinski definition) is 0. The van der Waals surface area contributed by atoms with Crippen LogP contribution >= 0.6 is 0 Å². The van der Waals surface area contributed by atoms with Crippen LogP contribution in [0.3, 0.4) is 0 Å². The Morgan fingerprint density at radius 3 is 2.60 bits per heavy atom. The van der Waals surface area contributed by atoms with E-state index in [1.807, 2.05) is 20.8 Å². The molecule has 4 nitrogen and oxygen atoms in total. The summed E-state index contributed by atoms with van der Waals surface area (Å²) in [5.41, 5.74) is -0.251. The number of carbonyl (C=O) groups is 1. The van der Waals surface area contributed by atoms with Crippen LogP contribution in [0, 0.1) is 0 Å². The Balaban J connectivity index is 2.65. The summed E-state index contributed by atoms with van der Waals surface area (Å²) in [5.74, 6) is 0.457. The second-order valence-electron chi connectivity index (χ2n) is 4.29. The number of carbonyl (C=O) groups excluding carboxylic acids is 1. The number of nitrogens with zero attached hydrogens (tertiary/aromatic N) is 2. The van der Waals surface area contributed by atoms with E-state index in [4.69, 9.17) is 4.74 Å². The predicted octanol–water partition coefficient (Wildman–Crippen LogP) is 2.31. The highest BCUT2D eigenvalue weighted by Crippen LogP contribution is 2.14. The molecule has 1 aromatic heterocycles. The first-order chi connectivity index (χ1) is 6.91. The molecule has 1 amide bonds. The molecule has 4 heteroatoms. The third-order valence-corrected chi connectivity index (χ3v) is 2.12. The van der Waals surface area contributed by atoms with Gasteiger partial charge < -0.3 is 9.64 Å². The minimum absolute atomic E-state index is 0.251. The Labute approximate surface area is 89.9 Å². The second-order valence-corrected chi connectivity index (χ2v) is 4.29. The monoisotopic (exact) mass is 208 g/mol. The van der Waals surface area contributed by atoms with Crippen LogP contribution in [0.2, 0.25) is 0 Å². The SMILES string of the molecule is CN(C(=O)Oc1cccnc1)C(C)(C)C. The summed E-state index contributed by atoms with van der Waals surface area (Å²) in [6.07, 6.45) is 2.76. The molecule has 82 valence electrons. The first-order valence-corrected chi connectivity index (χ1v) is 4.77. The van der Waals surface area contributed by atoms with E-state index >= 15 is 0 Å². The van der Waals surface area contributed by atoms with Gasteiger partial charge in [-0.3, -0.25) is 4.98 Å². The average molecular weight is 208 g/mol. The van der Waals surface area contributed by atoms with Gasteiger partial charge in [-0.1, -0.05) is 0 Å². The van der Waals surface area contributed by atoms with E-state index in [0.29, 0.717) is 5.75 Å². The molecule has 0 aliphatic heterocycles. The molecule has 0 aliphatic rings. The molecule has 0 fully saturated rings. The van der Waals surface area contributed by atoms with E-state index < -0.39 is 0 Å². The molecule has 0 saturated heterocycles. The maximum absolute atomic E-state index is 11.6. The molecule has 0 radical (unpaired) electrons. The van der Waals surface area contributed by atoms with Crippen molar-refractivity contribution >= 4 is 6.09 Å². The number of pyridine rings is 1. The largest absolute Gasteiger partial charge is 0.415 e. The van der Waals surface area contributed by atoms with E-state index in [1.165, 1.54) is 6.20 Å². The zero-order chi connectivity index (χ0) is 11.5. The molecule has 15 heavy (non-hydrogen) atoms. The Morgan fingerprint density at radius 1 is 1.47 bits per heavy atom. The van der Waals surface area contributed by atoms with Crippen molar-refractivity contribution in [3.05, 3.63) is 24.5 Å². The molecule has 0 spiro atoms. The number of hydrogen-bond acceptors (Lipinski definition) is 3. The van der Waals surface area contributed by atoms with Crippen molar-refractivity contribution in [2.45, 2.75) is 26.3 Å². The van der Waals surface area contributed by atoms with Crippen molar-refractivity contribution in [2.75, 3.05) is 7.05 Å². The van der Waals surface area contributed by atoms with Gasteiger partial charge in [-0.15, -0.1) is 0 Å². The lowest BCUT2D eigenvalue weighted by Crippen LogP contribution is -2.44. The molecule has 0 aliphatic carbocycles. The molecule has 0 N–H and O–H groups in total. The van der Waals surface area contributed by atoms with E-state index in [9.17, 15) is 4.79 Å². The first kappa shape index (κ1) is 11.5. The fourth-order valence-corrected chi connectivity index (χ4v) is 0.851. The van der Waals surface area contributed by atoms with Gasteiger partial charge in [0, 0.05) is 18.8 Å². The lowest BCUT2D eigenvalue weighted by molar-refractivity contribution is 0.124. The van der Waals surface area contributed by atoms with Crippen molar-refractivity contribution in [3.8, 4) is 5.75 Å². The van der Waals surface area contributed by atoms with Crippen molar-refractivity contribution in [1.29, 1.82) is 0 Å². The highest BCUT2D eigenvalue weighted by molar-refractivity contribution is 5.71. The molecule has 0 bridgehead atoms. The third kappa shape index (κ3) is 3.23. The molecule has 1 aromatic rings. The van der Waals surface area contributed by atoms with Gasteiger partial charge >= 0.3 is 6.09 Å². The fraction of sp³-hybridized carbons (Fsp3) is 0.455. The van der Waals surface area contributed by atoms with E-state index in [0.717, 1.165) is 0 Å². The summed E-state index contributed by atoms with van der Waals surface area (Å²) < 4.78 is 5.13. The minimum atomic E-state index is -0.379. The van der Waals surface area contributed by atoms with Crippen molar-refractivity contribution < 1.29 is 9.53 Å². The van der Waals surface area contributed by atoms with Crippen LogP contribution in [0.1, 0.15) is 20.8 Å². The number of ether oxygens (including phenoxy) is 1. The standard InChI is InChI=1S/C11H16N2O2/c1-11(2,3)13(4)10(14)15-9-6-5-7-12-8-9/h5-8H,1-4H3. The van der Waals surface area contributed by atoms with Crippen molar-refractivity contribution in [3.63, 3.8) is 0 Å². The first-order valence-electron chi connectivity index (χ1n) is 4.77. The third-order valence-electron chi connectivity index (χ3n) is 2.12. The lowest BCUT2D eigenvalue weighted by atomic mass is 10.1. The molecule has 0 saturated carbocycles. The summed E-state index contributed by atoms with van der Waals surface area (Å²) in [7, 11) is 1.71. The highest BCUT2D eigenvalue weighted by atomic mass is 16.6. The van der Waals surface area contributed by atoms with Crippen LogP contribution in [0.25, 0.3) is 0 Å². The smallest absolute Gasteiger partial charge is 0.409 e. The summed E-state index contributed by atoms with van der Waals surface area (Å²) in [6.45, 7) is 5.83. The normalized spacial score (nSPS) is 10.9. The molecular formula is C11H16N2O2. The Hall–Kier alpha value is -1.58. The Morgan fingerprint density at radius 2 is 2.13 bits per heavy atom. The van der Waals surface area contributed by atoms with Crippen LogP contribution in [0.15, 0.2) is 24.5 Å². The van der Waals surface area contributed by atoms with Crippen LogP contribution in [-0.2, 0) is 0 Å². The topological polar surface area (TPSA) is 42.4 Å². The second kappa shape index (κ2) is 4.29. The van der Waals surface area contributed by atoms with Crippen LogP contribution in [0.4, 0.5) is 4.79 Å². The maximum Gasteiger partial charge on any atom is 0.415 e. The number of aromatic nitrogens is 1. The minimum Gasteiger partial charge on any atom is -0.409 e. The molecule has 0 unspecified atom stereocenters. The molecule has 1 rings (SSSR count). The summed E-state index contributed by atoms with van der Waals surface area (Å²) in [5, 5.41) is 0. The van der Waals surface area contributed by atoms with Gasteiger partial charge in [0.2, 0.25) is 0 Å². The van der Waals surface area contributed by atoms with Gasteiger partial charge in [-0.2, -0.15) is 0 Å². The van der Waals surface area contributed by atoms with E-state index in [2.05, 4.69) is 4.98 Å². The molecule has 0 atom stereocenters. The highest BCUT2D eigenvalue weighted by Gasteiger charge is 2.23. The van der Waals surface area contributed by atoms with Crippen LogP contribution < -0.4 is 4.74 Å². The number of amides is 1.